The molecule has 214 valence electrons. The summed E-state index contributed by atoms with van der Waals surface area (Å²) < 4.78 is 2.80. The molecular formula is C42H31NSSi. The van der Waals surface area contributed by atoms with E-state index in [4.69, 9.17) is 0 Å². The summed E-state index contributed by atoms with van der Waals surface area (Å²) in [5, 5.41) is 8.36. The summed E-state index contributed by atoms with van der Waals surface area (Å²) in [7, 11) is -1.94. The first kappa shape index (κ1) is 26.4. The number of anilines is 3. The quantitative estimate of drug-likeness (QED) is 0.179. The Balaban J connectivity index is 1.23. The first-order valence-corrected chi connectivity index (χ1v) is 19.4. The molecule has 0 saturated carbocycles. The molecule has 1 aliphatic heterocycles. The molecule has 9 rings (SSSR count). The molecule has 7 aromatic carbocycles. The maximum atomic E-state index is 2.52. The van der Waals surface area contributed by atoms with Gasteiger partial charge in [0.1, 0.15) is 8.07 Å². The monoisotopic (exact) mass is 609 g/mol. The van der Waals surface area contributed by atoms with Gasteiger partial charge in [0, 0.05) is 37.2 Å². The molecule has 0 amide bonds. The smallest absolute Gasteiger partial charge is 0.114 e. The summed E-state index contributed by atoms with van der Waals surface area (Å²) in [4.78, 5) is 2.43. The van der Waals surface area contributed by atoms with Crippen LogP contribution in [0.3, 0.4) is 0 Å². The SMILES string of the molecule is C[Si]1(C)c2cc(N(c3ccccc3)c3cccc(-c4cccc5ccccc45)c3)ccc2-c2c1ccc1c2sc2ccccc21. The van der Waals surface area contributed by atoms with Crippen LogP contribution in [0.5, 0.6) is 0 Å². The molecule has 0 saturated heterocycles. The minimum atomic E-state index is -1.94. The van der Waals surface area contributed by atoms with E-state index in [-0.39, 0.29) is 0 Å². The molecule has 2 heterocycles. The van der Waals surface area contributed by atoms with Crippen molar-refractivity contribution < 1.29 is 0 Å². The van der Waals surface area contributed by atoms with E-state index in [1.807, 2.05) is 11.3 Å². The highest BCUT2D eigenvalue weighted by molar-refractivity contribution is 7.26. The summed E-state index contributed by atoms with van der Waals surface area (Å²) >= 11 is 1.95. The van der Waals surface area contributed by atoms with E-state index < -0.39 is 8.07 Å². The molecule has 0 N–H and O–H groups in total. The third-order valence-corrected chi connectivity index (χ3v) is 14.4. The van der Waals surface area contributed by atoms with E-state index in [1.54, 1.807) is 5.19 Å². The Bertz CT molecular complexity index is 2420. The number of para-hydroxylation sites is 1. The summed E-state index contributed by atoms with van der Waals surface area (Å²) in [6.45, 7) is 5.04. The van der Waals surface area contributed by atoms with Gasteiger partial charge in [-0.05, 0) is 85.9 Å². The van der Waals surface area contributed by atoms with E-state index in [2.05, 4.69) is 170 Å². The lowest BCUT2D eigenvalue weighted by molar-refractivity contribution is 1.29. The lowest BCUT2D eigenvalue weighted by atomic mass is 9.97. The Labute approximate surface area is 268 Å². The number of rotatable bonds is 4. The first-order chi connectivity index (χ1) is 22.1. The maximum absolute atomic E-state index is 2.52. The predicted octanol–water partition coefficient (Wildman–Crippen LogP) is 11.1. The standard InChI is InChI=1S/C42H31NSSi/c1-45(2)39-25-24-36-35-19-8-9-21-38(35)44-42(36)41(39)37-23-22-32(27-40(37)45)43(30-15-4-3-5-16-30)31-17-10-14-29(26-31)34-20-11-13-28-12-6-7-18-33(28)34/h3-27H,1-2H3. The third kappa shape index (κ3) is 4.05. The van der Waals surface area contributed by atoms with Gasteiger partial charge in [-0.2, -0.15) is 0 Å². The largest absolute Gasteiger partial charge is 0.310 e. The van der Waals surface area contributed by atoms with Gasteiger partial charge in [-0.15, -0.1) is 11.3 Å². The Hall–Kier alpha value is -4.96. The van der Waals surface area contributed by atoms with E-state index >= 15 is 0 Å². The van der Waals surface area contributed by atoms with Gasteiger partial charge in [-0.25, -0.2) is 0 Å². The molecule has 1 nitrogen and oxygen atoms in total. The molecular weight excluding hydrogens is 579 g/mol. The van der Waals surface area contributed by atoms with Crippen molar-refractivity contribution in [1.82, 2.24) is 0 Å². The Kier molecular flexibility index (Phi) is 5.89. The van der Waals surface area contributed by atoms with Crippen molar-refractivity contribution in [2.75, 3.05) is 4.90 Å². The number of hydrogen-bond acceptors (Lipinski definition) is 2. The summed E-state index contributed by atoms with van der Waals surface area (Å²) in [5.74, 6) is 0. The normalized spacial score (nSPS) is 13.3. The van der Waals surface area contributed by atoms with E-state index in [0.717, 1.165) is 11.4 Å². The minimum Gasteiger partial charge on any atom is -0.310 e. The van der Waals surface area contributed by atoms with Crippen LogP contribution in [0.15, 0.2) is 152 Å². The van der Waals surface area contributed by atoms with Gasteiger partial charge in [-0.1, -0.05) is 122 Å². The van der Waals surface area contributed by atoms with Gasteiger partial charge in [-0.3, -0.25) is 0 Å². The second-order valence-electron chi connectivity index (χ2n) is 12.6. The van der Waals surface area contributed by atoms with Gasteiger partial charge in [0.05, 0.1) is 0 Å². The molecule has 1 aromatic heterocycles. The zero-order valence-corrected chi connectivity index (χ0v) is 27.1. The van der Waals surface area contributed by atoms with Crippen LogP contribution in [0.25, 0.3) is 53.2 Å². The topological polar surface area (TPSA) is 3.24 Å². The molecule has 0 radical (unpaired) electrons. The second kappa shape index (κ2) is 10.0. The molecule has 3 heteroatoms. The predicted molar refractivity (Wildman–Crippen MR) is 199 cm³/mol. The number of hydrogen-bond donors (Lipinski definition) is 0. The van der Waals surface area contributed by atoms with Crippen LogP contribution in [-0.4, -0.2) is 8.07 Å². The molecule has 0 unspecified atom stereocenters. The Morgan fingerprint density at radius 1 is 0.489 bits per heavy atom. The molecule has 0 bridgehead atoms. The lowest BCUT2D eigenvalue weighted by Crippen LogP contribution is -2.49. The molecule has 45 heavy (non-hydrogen) atoms. The third-order valence-electron chi connectivity index (χ3n) is 9.64. The highest BCUT2D eigenvalue weighted by Crippen LogP contribution is 2.44. The van der Waals surface area contributed by atoms with E-state index in [0.29, 0.717) is 0 Å². The summed E-state index contributed by atoms with van der Waals surface area (Å²) in [5.41, 5.74) is 8.89. The molecule has 8 aromatic rings. The van der Waals surface area contributed by atoms with Crippen molar-refractivity contribution in [2.45, 2.75) is 13.1 Å². The van der Waals surface area contributed by atoms with Crippen LogP contribution in [0.2, 0.25) is 13.1 Å². The fraction of sp³-hybridized carbons (Fsp3) is 0.0476. The molecule has 0 fully saturated rings. The van der Waals surface area contributed by atoms with Crippen molar-refractivity contribution in [3.63, 3.8) is 0 Å². The zero-order valence-electron chi connectivity index (χ0n) is 25.3. The van der Waals surface area contributed by atoms with Gasteiger partial charge in [0.2, 0.25) is 0 Å². The number of fused-ring (bicyclic) bond motifs is 8. The molecule has 0 aliphatic carbocycles. The van der Waals surface area contributed by atoms with Crippen molar-refractivity contribution in [2.24, 2.45) is 0 Å². The molecule has 0 atom stereocenters. The van der Waals surface area contributed by atoms with E-state index in [1.165, 1.54) is 64.1 Å². The minimum absolute atomic E-state index is 1.16. The zero-order chi connectivity index (χ0) is 30.1. The highest BCUT2D eigenvalue weighted by atomic mass is 32.1. The number of nitrogens with zero attached hydrogens (tertiary/aromatic N) is 1. The maximum Gasteiger partial charge on any atom is 0.114 e. The van der Waals surface area contributed by atoms with Crippen molar-refractivity contribution in [1.29, 1.82) is 0 Å². The number of benzene rings is 7. The van der Waals surface area contributed by atoms with Crippen LogP contribution in [0.1, 0.15) is 0 Å². The van der Waals surface area contributed by atoms with Crippen LogP contribution in [0, 0.1) is 0 Å². The second-order valence-corrected chi connectivity index (χ2v) is 17.9. The van der Waals surface area contributed by atoms with Gasteiger partial charge in [0.15, 0.2) is 0 Å². The van der Waals surface area contributed by atoms with Crippen LogP contribution < -0.4 is 15.3 Å². The Morgan fingerprint density at radius 3 is 2.09 bits per heavy atom. The average molecular weight is 610 g/mol. The summed E-state index contributed by atoms with van der Waals surface area (Å²) in [6.07, 6.45) is 0. The molecule has 1 aliphatic rings. The fourth-order valence-electron chi connectivity index (χ4n) is 7.44. The highest BCUT2D eigenvalue weighted by Gasteiger charge is 2.39. The Morgan fingerprint density at radius 2 is 1.20 bits per heavy atom. The van der Waals surface area contributed by atoms with E-state index in [9.17, 15) is 0 Å². The lowest BCUT2D eigenvalue weighted by Gasteiger charge is -2.28. The van der Waals surface area contributed by atoms with Gasteiger partial charge >= 0.3 is 0 Å². The number of thiophene rings is 1. The van der Waals surface area contributed by atoms with Crippen molar-refractivity contribution >= 4 is 77.8 Å². The fourth-order valence-corrected chi connectivity index (χ4v) is 11.9. The summed E-state index contributed by atoms with van der Waals surface area (Å²) in [6, 6.07) is 56.0. The van der Waals surface area contributed by atoms with Crippen molar-refractivity contribution in [3.8, 4) is 22.3 Å². The first-order valence-electron chi connectivity index (χ1n) is 15.6. The van der Waals surface area contributed by atoms with Crippen molar-refractivity contribution in [3.05, 3.63) is 152 Å². The van der Waals surface area contributed by atoms with Crippen LogP contribution in [-0.2, 0) is 0 Å². The van der Waals surface area contributed by atoms with Crippen LogP contribution >= 0.6 is 11.3 Å². The molecule has 0 spiro atoms. The average Bonchev–Trinajstić information content (AvgIpc) is 3.57. The van der Waals surface area contributed by atoms with Gasteiger partial charge < -0.3 is 4.90 Å². The van der Waals surface area contributed by atoms with Gasteiger partial charge in [0.25, 0.3) is 0 Å². The van der Waals surface area contributed by atoms with Crippen LogP contribution in [0.4, 0.5) is 17.1 Å².